The molecular formula is C40H50FN7O6. The molecule has 3 atom stereocenters. The van der Waals surface area contributed by atoms with Crippen LogP contribution in [0.2, 0.25) is 0 Å². The Kier molecular flexibility index (Phi) is 12.2. The molecule has 1 N–H and O–H groups in total. The molecule has 0 radical (unpaired) electrons. The van der Waals surface area contributed by atoms with E-state index in [-0.39, 0.29) is 49.5 Å². The van der Waals surface area contributed by atoms with Gasteiger partial charge in [-0.3, -0.25) is 18.8 Å². The van der Waals surface area contributed by atoms with Crippen molar-refractivity contribution in [3.05, 3.63) is 96.3 Å². The van der Waals surface area contributed by atoms with Gasteiger partial charge in [0.15, 0.2) is 0 Å². The highest BCUT2D eigenvalue weighted by Crippen LogP contribution is 2.29. The fourth-order valence-electron chi connectivity index (χ4n) is 6.27. The van der Waals surface area contributed by atoms with E-state index in [9.17, 15) is 23.6 Å². The number of halogens is 1. The summed E-state index contributed by atoms with van der Waals surface area (Å²) >= 11 is 0. The van der Waals surface area contributed by atoms with Crippen LogP contribution in [-0.2, 0) is 20.7 Å². The second kappa shape index (κ2) is 16.6. The van der Waals surface area contributed by atoms with Gasteiger partial charge in [0, 0.05) is 45.1 Å². The third-order valence-electron chi connectivity index (χ3n) is 8.97. The first-order valence-corrected chi connectivity index (χ1v) is 18.1. The molecular weight excluding hydrogens is 693 g/mol. The first-order chi connectivity index (χ1) is 25.5. The van der Waals surface area contributed by atoms with Crippen LogP contribution in [0.5, 0.6) is 5.75 Å². The number of imidazole rings is 1. The molecule has 0 spiro atoms. The maximum absolute atomic E-state index is 14.7. The highest BCUT2D eigenvalue weighted by Gasteiger charge is 2.44. The number of nitrogens with zero attached hydrogens (tertiary/aromatic N) is 6. The van der Waals surface area contributed by atoms with E-state index >= 15 is 0 Å². The van der Waals surface area contributed by atoms with Crippen molar-refractivity contribution in [2.75, 3.05) is 33.2 Å². The molecule has 1 aliphatic rings. The molecule has 13 nitrogen and oxygen atoms in total. The number of amides is 4. The second-order valence-corrected chi connectivity index (χ2v) is 15.7. The lowest BCUT2D eigenvalue weighted by Crippen LogP contribution is -2.58. The number of likely N-dealkylation sites (N-methyl/N-ethyl adjacent to an activating group) is 1. The molecule has 2 aromatic carbocycles. The van der Waals surface area contributed by atoms with Crippen molar-refractivity contribution in [3.8, 4) is 5.75 Å². The fourth-order valence-corrected chi connectivity index (χ4v) is 6.27. The number of aromatic nitrogens is 3. The summed E-state index contributed by atoms with van der Waals surface area (Å²) in [7, 11) is 1.46. The molecule has 0 bridgehead atoms. The molecule has 1 saturated heterocycles. The Labute approximate surface area is 315 Å². The fraction of sp³-hybridized carbons (Fsp3) is 0.450. The lowest BCUT2D eigenvalue weighted by molar-refractivity contribution is -0.140. The summed E-state index contributed by atoms with van der Waals surface area (Å²) in [4.78, 5) is 68.1. The molecule has 0 aliphatic carbocycles. The van der Waals surface area contributed by atoms with Gasteiger partial charge in [-0.25, -0.2) is 19.2 Å². The smallest absolute Gasteiger partial charge is 0.410 e. The monoisotopic (exact) mass is 743 g/mol. The first kappa shape index (κ1) is 39.7. The van der Waals surface area contributed by atoms with E-state index in [4.69, 9.17) is 9.47 Å². The highest BCUT2D eigenvalue weighted by molar-refractivity contribution is 5.93. The number of para-hydroxylation sites is 1. The molecule has 54 heavy (non-hydrogen) atoms. The number of fused-ring (bicyclic) bond motifs is 1. The van der Waals surface area contributed by atoms with Gasteiger partial charge in [0.05, 0.1) is 12.6 Å². The van der Waals surface area contributed by atoms with Gasteiger partial charge in [-0.1, -0.05) is 51.1 Å². The minimum atomic E-state index is -0.983. The zero-order chi connectivity index (χ0) is 39.2. The van der Waals surface area contributed by atoms with Crippen LogP contribution in [-0.4, -0.2) is 110 Å². The topological polar surface area (TPSA) is 139 Å². The molecule has 2 aromatic heterocycles. The SMILES string of the molecule is CN(CC(=O)NC(C(=O)N1CC(Oc2ccccc2)CC1CN(CCc1ccc(F)cc1)C(=O)c1cn2cccnc2n1)C(C)(C)C)C(=O)OC(C)(C)C. The van der Waals surface area contributed by atoms with Crippen molar-refractivity contribution in [2.45, 2.75) is 78.2 Å². The number of ether oxygens (including phenoxy) is 2. The van der Waals surface area contributed by atoms with Crippen molar-refractivity contribution in [2.24, 2.45) is 5.41 Å². The van der Waals surface area contributed by atoms with Gasteiger partial charge in [-0.15, -0.1) is 0 Å². The van der Waals surface area contributed by atoms with Crippen molar-refractivity contribution in [1.82, 2.24) is 34.4 Å². The Hall–Kier alpha value is -5.53. The maximum atomic E-state index is 14.7. The van der Waals surface area contributed by atoms with Crippen LogP contribution in [0.3, 0.4) is 0 Å². The third kappa shape index (κ3) is 10.5. The van der Waals surface area contributed by atoms with E-state index in [1.807, 2.05) is 51.1 Å². The number of carbonyl (C=O) groups excluding carboxylic acids is 4. The number of hydrogen-bond donors (Lipinski definition) is 1. The van der Waals surface area contributed by atoms with Crippen LogP contribution in [0.25, 0.3) is 5.78 Å². The minimum Gasteiger partial charge on any atom is -0.489 e. The summed E-state index contributed by atoms with van der Waals surface area (Å²) in [6, 6.07) is 15.7. The van der Waals surface area contributed by atoms with E-state index in [1.54, 1.807) is 71.8 Å². The Morgan fingerprint density at radius 2 is 1.70 bits per heavy atom. The van der Waals surface area contributed by atoms with Crippen molar-refractivity contribution in [1.29, 1.82) is 0 Å². The Morgan fingerprint density at radius 3 is 2.35 bits per heavy atom. The normalized spacial score (nSPS) is 16.5. The summed E-state index contributed by atoms with van der Waals surface area (Å²) < 4.78 is 27.1. The van der Waals surface area contributed by atoms with Crippen LogP contribution < -0.4 is 10.1 Å². The van der Waals surface area contributed by atoms with Gasteiger partial charge >= 0.3 is 6.09 Å². The average molecular weight is 744 g/mol. The number of benzene rings is 2. The lowest BCUT2D eigenvalue weighted by atomic mass is 9.85. The Balaban J connectivity index is 1.42. The van der Waals surface area contributed by atoms with Gasteiger partial charge < -0.3 is 29.5 Å². The van der Waals surface area contributed by atoms with Crippen molar-refractivity contribution >= 4 is 29.6 Å². The van der Waals surface area contributed by atoms with E-state index in [1.165, 1.54) is 19.2 Å². The molecule has 4 aromatic rings. The van der Waals surface area contributed by atoms with Crippen LogP contribution in [0.15, 0.2) is 79.3 Å². The van der Waals surface area contributed by atoms with Gasteiger partial charge in [-0.2, -0.15) is 0 Å². The van der Waals surface area contributed by atoms with E-state index < -0.39 is 41.2 Å². The van der Waals surface area contributed by atoms with Crippen LogP contribution in [0, 0.1) is 11.2 Å². The Bertz CT molecular complexity index is 1890. The number of carbonyl (C=O) groups is 4. The van der Waals surface area contributed by atoms with E-state index in [0.29, 0.717) is 24.4 Å². The number of nitrogens with one attached hydrogen (secondary N) is 1. The van der Waals surface area contributed by atoms with Crippen LogP contribution in [0.1, 0.15) is 64.0 Å². The number of likely N-dealkylation sites (tertiary alicyclic amines) is 1. The molecule has 5 rings (SSSR count). The average Bonchev–Trinajstić information content (AvgIpc) is 3.72. The quantitative estimate of drug-likeness (QED) is 0.214. The third-order valence-corrected chi connectivity index (χ3v) is 8.97. The molecule has 3 unspecified atom stereocenters. The summed E-state index contributed by atoms with van der Waals surface area (Å²) in [5.41, 5.74) is -0.454. The van der Waals surface area contributed by atoms with Gasteiger partial charge in [-0.05, 0) is 68.5 Å². The van der Waals surface area contributed by atoms with Gasteiger partial charge in [0.25, 0.3) is 5.91 Å². The van der Waals surface area contributed by atoms with Crippen molar-refractivity contribution in [3.63, 3.8) is 0 Å². The van der Waals surface area contributed by atoms with Crippen molar-refractivity contribution < 1.29 is 33.0 Å². The predicted molar refractivity (Wildman–Crippen MR) is 200 cm³/mol. The van der Waals surface area contributed by atoms with Crippen LogP contribution >= 0.6 is 0 Å². The summed E-state index contributed by atoms with van der Waals surface area (Å²) in [6.07, 6.45) is 4.72. The predicted octanol–water partition coefficient (Wildman–Crippen LogP) is 5.00. The highest BCUT2D eigenvalue weighted by atomic mass is 19.1. The molecule has 3 heterocycles. The summed E-state index contributed by atoms with van der Waals surface area (Å²) in [5.74, 6) is -0.570. The van der Waals surface area contributed by atoms with Crippen LogP contribution in [0.4, 0.5) is 9.18 Å². The van der Waals surface area contributed by atoms with E-state index in [2.05, 4.69) is 15.3 Å². The molecule has 14 heteroatoms. The maximum Gasteiger partial charge on any atom is 0.410 e. The largest absolute Gasteiger partial charge is 0.489 e. The molecule has 1 aliphatic heterocycles. The zero-order valence-electron chi connectivity index (χ0n) is 32.0. The minimum absolute atomic E-state index is 0.133. The molecule has 4 amide bonds. The summed E-state index contributed by atoms with van der Waals surface area (Å²) in [5, 5.41) is 2.88. The Morgan fingerprint density at radius 1 is 1.00 bits per heavy atom. The van der Waals surface area contributed by atoms with Gasteiger partial charge in [0.1, 0.15) is 41.6 Å². The molecule has 1 fully saturated rings. The number of rotatable bonds is 12. The lowest BCUT2D eigenvalue weighted by Gasteiger charge is -2.37. The first-order valence-electron chi connectivity index (χ1n) is 18.1. The van der Waals surface area contributed by atoms with E-state index in [0.717, 1.165) is 10.5 Å². The second-order valence-electron chi connectivity index (χ2n) is 15.7. The zero-order valence-corrected chi connectivity index (χ0v) is 32.0. The summed E-state index contributed by atoms with van der Waals surface area (Å²) in [6.45, 7) is 11.0. The number of hydrogen-bond acceptors (Lipinski definition) is 8. The molecule has 288 valence electrons. The standard InChI is InChI=1S/C40H50FN7O6/c1-39(2,3)34(44-33(49)26-45(7)38(52)54-40(4,5)6)36(51)48-24-31(53-30-12-9-8-10-13-30)22-29(48)23-46(21-18-27-14-16-28(41)17-15-27)35(50)32-25-47-20-11-19-42-37(47)43-32/h8-17,19-20,25,29,31,34H,18,21-24,26H2,1-7H3,(H,44,49). The van der Waals surface area contributed by atoms with Gasteiger partial charge in [0.2, 0.25) is 17.6 Å². The molecule has 0 saturated carbocycles.